The molecule has 150 valence electrons. The second-order valence-electron chi connectivity index (χ2n) is 6.63. The molecular weight excluding hydrogens is 357 g/mol. The zero-order chi connectivity index (χ0) is 20.4. The summed E-state index contributed by atoms with van der Waals surface area (Å²) in [6.45, 7) is 2.51. The van der Waals surface area contributed by atoms with Gasteiger partial charge in [0.1, 0.15) is 5.69 Å². The van der Waals surface area contributed by atoms with Crippen molar-refractivity contribution >= 4 is 5.91 Å². The highest BCUT2D eigenvalue weighted by molar-refractivity contribution is 5.92. The molecule has 2 aromatic rings. The summed E-state index contributed by atoms with van der Waals surface area (Å²) in [6, 6.07) is 6.72. The molecule has 6 heteroatoms. The number of carbonyl (C=O) groups is 1. The van der Waals surface area contributed by atoms with Crippen LogP contribution in [0.25, 0.3) is 0 Å². The van der Waals surface area contributed by atoms with Gasteiger partial charge in [0.25, 0.3) is 5.91 Å². The van der Waals surface area contributed by atoms with E-state index in [1.807, 2.05) is 6.92 Å². The molecule has 0 spiro atoms. The number of aromatic nitrogens is 2. The van der Waals surface area contributed by atoms with Gasteiger partial charge in [-0.2, -0.15) is 5.10 Å². The Morgan fingerprint density at radius 3 is 2.82 bits per heavy atom. The van der Waals surface area contributed by atoms with Crippen molar-refractivity contribution in [2.24, 2.45) is 7.05 Å². The van der Waals surface area contributed by atoms with Gasteiger partial charge >= 0.3 is 0 Å². The van der Waals surface area contributed by atoms with Gasteiger partial charge in [0.05, 0.1) is 12.3 Å². The molecule has 0 saturated heterocycles. The number of ether oxygens (including phenoxy) is 1. The Hall–Kier alpha value is -2.81. The van der Waals surface area contributed by atoms with Gasteiger partial charge in [-0.05, 0) is 31.4 Å². The number of halogens is 1. The number of hydrogen-bond donors (Lipinski definition) is 1. The molecule has 1 N–H and O–H groups in total. The first-order valence-corrected chi connectivity index (χ1v) is 9.71. The number of carbonyl (C=O) groups excluding carboxylic acids is 1. The first kappa shape index (κ1) is 21.5. The Balaban J connectivity index is 1.85. The largest absolute Gasteiger partial charge is 0.491 e. The van der Waals surface area contributed by atoms with Crippen molar-refractivity contribution in [3.05, 3.63) is 47.0 Å². The number of nitrogens with one attached hydrogen (secondary N) is 1. The fraction of sp³-hybridized carbons (Fsp3) is 0.455. The number of aryl methyl sites for hydroxylation is 2. The Labute approximate surface area is 166 Å². The van der Waals surface area contributed by atoms with Crippen molar-refractivity contribution in [1.29, 1.82) is 0 Å². The summed E-state index contributed by atoms with van der Waals surface area (Å²) in [4.78, 5) is 12.3. The molecular formula is C22H28FN3O2. The molecule has 0 saturated carbocycles. The third kappa shape index (κ3) is 6.12. The third-order valence-corrected chi connectivity index (χ3v) is 4.48. The second kappa shape index (κ2) is 11.1. The van der Waals surface area contributed by atoms with E-state index in [0.717, 1.165) is 44.2 Å². The minimum Gasteiger partial charge on any atom is -0.491 e. The average Bonchev–Trinajstić information content (AvgIpc) is 3.08. The van der Waals surface area contributed by atoms with E-state index >= 15 is 0 Å². The maximum Gasteiger partial charge on any atom is 0.269 e. The lowest BCUT2D eigenvalue weighted by Crippen LogP contribution is -2.25. The predicted molar refractivity (Wildman–Crippen MR) is 108 cm³/mol. The van der Waals surface area contributed by atoms with E-state index in [2.05, 4.69) is 16.3 Å². The zero-order valence-electron chi connectivity index (χ0n) is 16.6. The summed E-state index contributed by atoms with van der Waals surface area (Å²) in [5.74, 6) is 2.11. The molecule has 5 nitrogen and oxygen atoms in total. The van der Waals surface area contributed by atoms with Crippen LogP contribution in [0.2, 0.25) is 0 Å². The van der Waals surface area contributed by atoms with E-state index in [1.165, 1.54) is 4.68 Å². The molecule has 1 heterocycles. The molecule has 28 heavy (non-hydrogen) atoms. The monoisotopic (exact) mass is 385 g/mol. The molecule has 0 aliphatic heterocycles. The van der Waals surface area contributed by atoms with Crippen molar-refractivity contribution in [1.82, 2.24) is 15.1 Å². The van der Waals surface area contributed by atoms with Gasteiger partial charge in [-0.3, -0.25) is 9.48 Å². The van der Waals surface area contributed by atoms with Crippen LogP contribution in [-0.2, 0) is 20.0 Å². The number of unbranched alkanes of at least 4 members (excludes halogenated alkanes) is 4. The van der Waals surface area contributed by atoms with Crippen LogP contribution in [0.5, 0.6) is 5.75 Å². The number of amides is 1. The van der Waals surface area contributed by atoms with Crippen LogP contribution >= 0.6 is 0 Å². The Morgan fingerprint density at radius 2 is 2.11 bits per heavy atom. The maximum atomic E-state index is 14.6. The highest BCUT2D eigenvalue weighted by Gasteiger charge is 2.14. The standard InChI is InChI=1S/C22H28FN3O2/c1-4-6-7-8-9-10-14-28-20-13-11-12-17(21(20)23)16-24-22(27)19-15-18(5-2)25-26(19)3/h1,11-13,15H,5-10,14,16H2,2-3H3,(H,24,27). The third-order valence-electron chi connectivity index (χ3n) is 4.48. The molecule has 1 aromatic heterocycles. The van der Waals surface area contributed by atoms with E-state index in [1.54, 1.807) is 31.3 Å². The van der Waals surface area contributed by atoms with Gasteiger partial charge in [-0.25, -0.2) is 4.39 Å². The lowest BCUT2D eigenvalue weighted by Gasteiger charge is -2.11. The van der Waals surface area contributed by atoms with Crippen LogP contribution in [0.1, 0.15) is 60.8 Å². The normalized spacial score (nSPS) is 10.5. The first-order valence-electron chi connectivity index (χ1n) is 9.71. The van der Waals surface area contributed by atoms with Crippen LogP contribution in [0.4, 0.5) is 4.39 Å². The SMILES string of the molecule is C#CCCCCCCOc1cccc(CNC(=O)c2cc(CC)nn2C)c1F. The quantitative estimate of drug-likeness (QED) is 0.470. The summed E-state index contributed by atoms with van der Waals surface area (Å²) in [7, 11) is 1.72. The van der Waals surface area contributed by atoms with Gasteiger partial charge in [-0.15, -0.1) is 12.3 Å². The van der Waals surface area contributed by atoms with Crippen molar-refractivity contribution in [2.75, 3.05) is 6.61 Å². The Kier molecular flexibility index (Phi) is 8.54. The lowest BCUT2D eigenvalue weighted by molar-refractivity contribution is 0.0941. The van der Waals surface area contributed by atoms with E-state index in [-0.39, 0.29) is 18.2 Å². The summed E-state index contributed by atoms with van der Waals surface area (Å²) in [6.07, 6.45) is 10.7. The minimum atomic E-state index is -0.436. The lowest BCUT2D eigenvalue weighted by atomic mass is 10.1. The summed E-state index contributed by atoms with van der Waals surface area (Å²) < 4.78 is 21.7. The van der Waals surface area contributed by atoms with Gasteiger partial charge < -0.3 is 10.1 Å². The van der Waals surface area contributed by atoms with Crippen molar-refractivity contribution in [3.8, 4) is 18.1 Å². The van der Waals surface area contributed by atoms with Crippen LogP contribution in [0.3, 0.4) is 0 Å². The molecule has 0 unspecified atom stereocenters. The van der Waals surface area contributed by atoms with Gasteiger partial charge in [0.2, 0.25) is 0 Å². The predicted octanol–water partition coefficient (Wildman–Crippen LogP) is 4.01. The summed E-state index contributed by atoms with van der Waals surface area (Å²) in [5.41, 5.74) is 1.68. The van der Waals surface area contributed by atoms with Crippen LogP contribution in [-0.4, -0.2) is 22.3 Å². The zero-order valence-corrected chi connectivity index (χ0v) is 16.6. The van der Waals surface area contributed by atoms with Gasteiger partial charge in [0, 0.05) is 25.6 Å². The number of terminal acetylenes is 1. The van der Waals surface area contributed by atoms with Crippen LogP contribution < -0.4 is 10.1 Å². The topological polar surface area (TPSA) is 56.1 Å². The van der Waals surface area contributed by atoms with E-state index in [0.29, 0.717) is 17.9 Å². The van der Waals surface area contributed by atoms with Crippen molar-refractivity contribution in [2.45, 2.75) is 52.0 Å². The van der Waals surface area contributed by atoms with Gasteiger partial charge in [0.15, 0.2) is 11.6 Å². The van der Waals surface area contributed by atoms with E-state index in [9.17, 15) is 9.18 Å². The van der Waals surface area contributed by atoms with Crippen molar-refractivity contribution in [3.63, 3.8) is 0 Å². The fourth-order valence-electron chi connectivity index (χ4n) is 2.85. The summed E-state index contributed by atoms with van der Waals surface area (Å²) >= 11 is 0. The average molecular weight is 385 g/mol. The number of rotatable bonds is 11. The molecule has 0 aliphatic rings. The smallest absolute Gasteiger partial charge is 0.269 e. The molecule has 0 radical (unpaired) electrons. The molecule has 0 fully saturated rings. The molecule has 1 amide bonds. The molecule has 1 aromatic carbocycles. The molecule has 0 bridgehead atoms. The summed E-state index contributed by atoms with van der Waals surface area (Å²) in [5, 5.41) is 7.00. The maximum absolute atomic E-state index is 14.6. The van der Waals surface area contributed by atoms with Crippen molar-refractivity contribution < 1.29 is 13.9 Å². The molecule has 2 rings (SSSR count). The van der Waals surface area contributed by atoms with Crippen LogP contribution in [0.15, 0.2) is 24.3 Å². The Morgan fingerprint density at radius 1 is 1.32 bits per heavy atom. The number of hydrogen-bond acceptors (Lipinski definition) is 3. The molecule has 0 atom stereocenters. The minimum absolute atomic E-state index is 0.0839. The second-order valence-corrected chi connectivity index (χ2v) is 6.63. The van der Waals surface area contributed by atoms with Gasteiger partial charge in [-0.1, -0.05) is 31.9 Å². The molecule has 0 aliphatic carbocycles. The van der Waals surface area contributed by atoms with Crippen LogP contribution in [0, 0.1) is 18.2 Å². The van der Waals surface area contributed by atoms with E-state index < -0.39 is 5.82 Å². The fourth-order valence-corrected chi connectivity index (χ4v) is 2.85. The number of nitrogens with zero attached hydrogens (tertiary/aromatic N) is 2. The Bertz CT molecular complexity index is 824. The first-order chi connectivity index (χ1) is 13.6. The number of benzene rings is 1. The highest BCUT2D eigenvalue weighted by atomic mass is 19.1. The highest BCUT2D eigenvalue weighted by Crippen LogP contribution is 2.21. The van der Waals surface area contributed by atoms with E-state index in [4.69, 9.17) is 11.2 Å².